The van der Waals surface area contributed by atoms with Gasteiger partial charge in [-0.25, -0.2) is 0 Å². The summed E-state index contributed by atoms with van der Waals surface area (Å²) in [6, 6.07) is 13.4. The van der Waals surface area contributed by atoms with Gasteiger partial charge in [0.2, 0.25) is 0 Å². The van der Waals surface area contributed by atoms with Crippen LogP contribution in [0.5, 0.6) is 0 Å². The van der Waals surface area contributed by atoms with Crippen LogP contribution in [0.2, 0.25) is 0 Å². The molecule has 17 heavy (non-hydrogen) atoms. The molecular formula is C16H18S. The average Bonchev–Trinajstić information content (AvgIpc) is 2.36. The lowest BCUT2D eigenvalue weighted by Gasteiger charge is -2.11. The second-order valence-electron chi connectivity index (χ2n) is 4.63. The Morgan fingerprint density at radius 1 is 1.12 bits per heavy atom. The summed E-state index contributed by atoms with van der Waals surface area (Å²) in [5, 5.41) is 2.63. The number of thiocarbonyl (C=S) groups is 1. The highest BCUT2D eigenvalue weighted by atomic mass is 32.1. The van der Waals surface area contributed by atoms with Crippen LogP contribution in [0, 0.1) is 0 Å². The molecule has 0 aliphatic rings. The van der Waals surface area contributed by atoms with Gasteiger partial charge < -0.3 is 0 Å². The molecule has 0 bridgehead atoms. The van der Waals surface area contributed by atoms with Crippen molar-refractivity contribution in [2.24, 2.45) is 0 Å². The summed E-state index contributed by atoms with van der Waals surface area (Å²) in [7, 11) is 0. The second kappa shape index (κ2) is 4.97. The minimum atomic E-state index is 0.361. The van der Waals surface area contributed by atoms with Gasteiger partial charge in [0.15, 0.2) is 0 Å². The van der Waals surface area contributed by atoms with Crippen molar-refractivity contribution in [3.8, 4) is 0 Å². The Morgan fingerprint density at radius 3 is 2.41 bits per heavy atom. The first-order valence-electron chi connectivity index (χ1n) is 6.15. The molecule has 88 valence electrons. The van der Waals surface area contributed by atoms with Gasteiger partial charge in [0.25, 0.3) is 0 Å². The summed E-state index contributed by atoms with van der Waals surface area (Å²) in [6.45, 7) is 6.38. The molecule has 0 saturated heterocycles. The van der Waals surface area contributed by atoms with E-state index in [0.717, 1.165) is 11.3 Å². The van der Waals surface area contributed by atoms with E-state index in [2.05, 4.69) is 50.2 Å². The molecule has 0 aliphatic heterocycles. The topological polar surface area (TPSA) is 0 Å². The molecule has 0 fully saturated rings. The van der Waals surface area contributed by atoms with Gasteiger partial charge in [-0.1, -0.05) is 62.5 Å². The van der Waals surface area contributed by atoms with E-state index in [1.165, 1.54) is 21.9 Å². The maximum Gasteiger partial charge on any atom is 0.0122 e. The van der Waals surface area contributed by atoms with E-state index in [9.17, 15) is 0 Å². The first-order chi connectivity index (χ1) is 8.11. The van der Waals surface area contributed by atoms with Crippen molar-refractivity contribution >= 4 is 27.9 Å². The van der Waals surface area contributed by atoms with E-state index >= 15 is 0 Å². The summed E-state index contributed by atoms with van der Waals surface area (Å²) in [4.78, 5) is 1.05. The molecule has 0 nitrogen and oxygen atoms in total. The van der Waals surface area contributed by atoms with Crippen LogP contribution in [0.25, 0.3) is 10.8 Å². The molecule has 1 unspecified atom stereocenters. The van der Waals surface area contributed by atoms with Gasteiger partial charge >= 0.3 is 0 Å². The number of rotatable bonds is 3. The Kier molecular flexibility index (Phi) is 3.58. The van der Waals surface area contributed by atoms with E-state index in [0.29, 0.717) is 5.92 Å². The van der Waals surface area contributed by atoms with Gasteiger partial charge in [-0.05, 0) is 40.1 Å². The second-order valence-corrected chi connectivity index (χ2v) is 5.27. The maximum atomic E-state index is 5.26. The monoisotopic (exact) mass is 242 g/mol. The first kappa shape index (κ1) is 12.3. The third kappa shape index (κ3) is 2.55. The van der Waals surface area contributed by atoms with E-state index in [1.54, 1.807) is 0 Å². The fourth-order valence-corrected chi connectivity index (χ4v) is 2.17. The SMILES string of the molecule is CCc1ccc2cc(C(C)C(C)=S)ccc2c1. The summed E-state index contributed by atoms with van der Waals surface area (Å²) >= 11 is 5.26. The Balaban J connectivity index is 2.48. The Morgan fingerprint density at radius 2 is 1.76 bits per heavy atom. The largest absolute Gasteiger partial charge is 0.0893 e. The van der Waals surface area contributed by atoms with Gasteiger partial charge in [0, 0.05) is 5.92 Å². The molecule has 0 heterocycles. The minimum Gasteiger partial charge on any atom is -0.0893 e. The van der Waals surface area contributed by atoms with Crippen molar-refractivity contribution in [2.45, 2.75) is 33.1 Å². The third-order valence-corrected chi connectivity index (χ3v) is 3.80. The Hall–Kier alpha value is -1.21. The molecule has 2 rings (SSSR count). The van der Waals surface area contributed by atoms with Crippen LogP contribution in [0.3, 0.4) is 0 Å². The van der Waals surface area contributed by atoms with Gasteiger partial charge in [-0.3, -0.25) is 0 Å². The van der Waals surface area contributed by atoms with Crippen LogP contribution in [0.1, 0.15) is 37.8 Å². The van der Waals surface area contributed by atoms with Crippen molar-refractivity contribution in [3.63, 3.8) is 0 Å². The van der Waals surface area contributed by atoms with Crippen molar-refractivity contribution in [1.82, 2.24) is 0 Å². The summed E-state index contributed by atoms with van der Waals surface area (Å²) in [5.41, 5.74) is 2.71. The molecule has 0 saturated carbocycles. The van der Waals surface area contributed by atoms with E-state index in [1.807, 2.05) is 6.92 Å². The molecule has 0 spiro atoms. The third-order valence-electron chi connectivity index (χ3n) is 3.45. The summed E-state index contributed by atoms with van der Waals surface area (Å²) in [6.07, 6.45) is 1.09. The fraction of sp³-hybridized carbons (Fsp3) is 0.312. The molecule has 2 aromatic carbocycles. The predicted octanol–water partition coefficient (Wildman–Crippen LogP) is 4.90. The smallest absolute Gasteiger partial charge is 0.0122 e. The minimum absolute atomic E-state index is 0.361. The van der Waals surface area contributed by atoms with Crippen LogP contribution in [0.15, 0.2) is 36.4 Å². The van der Waals surface area contributed by atoms with Crippen LogP contribution >= 0.6 is 12.2 Å². The maximum absolute atomic E-state index is 5.26. The Labute approximate surface area is 109 Å². The standard InChI is InChI=1S/C16H18S/c1-4-13-5-6-16-10-14(11(2)12(3)17)7-8-15(16)9-13/h5-11H,4H2,1-3H3. The van der Waals surface area contributed by atoms with E-state index < -0.39 is 0 Å². The predicted molar refractivity (Wildman–Crippen MR) is 80.0 cm³/mol. The highest BCUT2D eigenvalue weighted by Gasteiger charge is 2.07. The Bertz CT molecular complexity index is 554. The zero-order valence-corrected chi connectivity index (χ0v) is 11.5. The van der Waals surface area contributed by atoms with Crippen LogP contribution in [-0.4, -0.2) is 4.86 Å². The van der Waals surface area contributed by atoms with E-state index in [-0.39, 0.29) is 0 Å². The van der Waals surface area contributed by atoms with Gasteiger partial charge in [-0.2, -0.15) is 0 Å². The van der Waals surface area contributed by atoms with E-state index in [4.69, 9.17) is 12.2 Å². The van der Waals surface area contributed by atoms with Crippen LogP contribution in [0.4, 0.5) is 0 Å². The molecular weight excluding hydrogens is 224 g/mol. The van der Waals surface area contributed by atoms with Crippen LogP contribution < -0.4 is 0 Å². The van der Waals surface area contributed by atoms with Gasteiger partial charge in [0.1, 0.15) is 0 Å². The molecule has 0 N–H and O–H groups in total. The zero-order valence-electron chi connectivity index (χ0n) is 10.7. The highest BCUT2D eigenvalue weighted by molar-refractivity contribution is 7.80. The quantitative estimate of drug-likeness (QED) is 0.690. The molecule has 0 aliphatic carbocycles. The summed E-state index contributed by atoms with van der Waals surface area (Å²) in [5.74, 6) is 0.361. The number of hydrogen-bond acceptors (Lipinski definition) is 1. The number of fused-ring (bicyclic) bond motifs is 1. The highest BCUT2D eigenvalue weighted by Crippen LogP contribution is 2.23. The lowest BCUT2D eigenvalue weighted by Crippen LogP contribution is -2.01. The van der Waals surface area contributed by atoms with Crippen molar-refractivity contribution in [3.05, 3.63) is 47.5 Å². The van der Waals surface area contributed by atoms with Gasteiger partial charge in [-0.15, -0.1) is 0 Å². The molecule has 2 aromatic rings. The average molecular weight is 242 g/mol. The van der Waals surface area contributed by atoms with Crippen molar-refractivity contribution in [1.29, 1.82) is 0 Å². The fourth-order valence-electron chi connectivity index (χ4n) is 2.04. The van der Waals surface area contributed by atoms with Crippen molar-refractivity contribution < 1.29 is 0 Å². The molecule has 0 amide bonds. The normalized spacial score (nSPS) is 12.6. The first-order valence-corrected chi connectivity index (χ1v) is 6.55. The molecule has 0 aromatic heterocycles. The lowest BCUT2D eigenvalue weighted by atomic mass is 9.95. The number of benzene rings is 2. The number of hydrogen-bond donors (Lipinski definition) is 0. The molecule has 0 radical (unpaired) electrons. The van der Waals surface area contributed by atoms with Gasteiger partial charge in [0.05, 0.1) is 0 Å². The molecule has 1 atom stereocenters. The zero-order chi connectivity index (χ0) is 12.4. The number of aryl methyl sites for hydroxylation is 1. The molecule has 1 heteroatoms. The summed E-state index contributed by atoms with van der Waals surface area (Å²) < 4.78 is 0. The lowest BCUT2D eigenvalue weighted by molar-refractivity contribution is 1.04. The van der Waals surface area contributed by atoms with Crippen LogP contribution in [-0.2, 0) is 6.42 Å². The van der Waals surface area contributed by atoms with Crippen molar-refractivity contribution in [2.75, 3.05) is 0 Å².